The maximum absolute atomic E-state index is 12.8. The number of anilines is 1. The minimum atomic E-state index is -3.15. The maximum Gasteiger partial charge on any atom is 0.271 e. The van der Waals surface area contributed by atoms with E-state index in [1.54, 1.807) is 0 Å². The SMILES string of the molecule is O=C(Nc1ccc2c(c1)Cc1ccccc1-2)C1=NN([C@H]2CCS(=O)(=O)C2)C(=O)CC1. The topological polar surface area (TPSA) is 95.9 Å². The highest BCUT2D eigenvalue weighted by Gasteiger charge is 2.37. The molecule has 0 aromatic heterocycles. The van der Waals surface area contributed by atoms with Crippen molar-refractivity contribution in [2.75, 3.05) is 16.8 Å². The molecule has 0 spiro atoms. The van der Waals surface area contributed by atoms with E-state index in [9.17, 15) is 18.0 Å². The molecule has 1 fully saturated rings. The van der Waals surface area contributed by atoms with Crippen LogP contribution in [0.3, 0.4) is 0 Å². The first-order valence-corrected chi connectivity index (χ1v) is 11.8. The Bertz CT molecular complexity index is 1200. The molecule has 1 aliphatic carbocycles. The second-order valence-electron chi connectivity index (χ2n) is 8.00. The molecule has 7 nitrogen and oxygen atoms in total. The van der Waals surface area contributed by atoms with Gasteiger partial charge in [-0.1, -0.05) is 30.3 Å². The zero-order valence-electron chi connectivity index (χ0n) is 16.3. The van der Waals surface area contributed by atoms with Gasteiger partial charge in [-0.2, -0.15) is 5.10 Å². The van der Waals surface area contributed by atoms with Crippen LogP contribution in [0.1, 0.15) is 30.4 Å². The number of hydrazone groups is 1. The summed E-state index contributed by atoms with van der Waals surface area (Å²) in [7, 11) is -3.15. The summed E-state index contributed by atoms with van der Waals surface area (Å²) in [4.78, 5) is 25.0. The summed E-state index contributed by atoms with van der Waals surface area (Å²) in [6.45, 7) is 0. The molecule has 0 radical (unpaired) electrons. The van der Waals surface area contributed by atoms with Gasteiger partial charge in [-0.3, -0.25) is 9.59 Å². The van der Waals surface area contributed by atoms with E-state index >= 15 is 0 Å². The molecule has 0 unspecified atom stereocenters. The van der Waals surface area contributed by atoms with Crippen molar-refractivity contribution >= 4 is 33.1 Å². The van der Waals surface area contributed by atoms with Crippen LogP contribution < -0.4 is 5.32 Å². The Hall–Kier alpha value is -3.00. The lowest BCUT2D eigenvalue weighted by molar-refractivity contribution is -0.133. The van der Waals surface area contributed by atoms with E-state index in [1.807, 2.05) is 30.3 Å². The molecule has 1 N–H and O–H groups in total. The fraction of sp³-hybridized carbons (Fsp3) is 0.318. The van der Waals surface area contributed by atoms with E-state index in [4.69, 9.17) is 0 Å². The van der Waals surface area contributed by atoms with Crippen LogP contribution in [0, 0.1) is 0 Å². The third-order valence-corrected chi connectivity index (χ3v) is 7.68. The predicted molar refractivity (Wildman–Crippen MR) is 114 cm³/mol. The second kappa shape index (κ2) is 7.05. The van der Waals surface area contributed by atoms with Crippen LogP contribution in [0.2, 0.25) is 0 Å². The summed E-state index contributed by atoms with van der Waals surface area (Å²) in [5, 5.41) is 8.33. The molecular weight excluding hydrogens is 402 g/mol. The first kappa shape index (κ1) is 19.0. The van der Waals surface area contributed by atoms with Gasteiger partial charge >= 0.3 is 0 Å². The normalized spacial score (nSPS) is 21.7. The molecule has 5 rings (SSSR count). The van der Waals surface area contributed by atoms with Crippen molar-refractivity contribution in [1.82, 2.24) is 5.01 Å². The van der Waals surface area contributed by atoms with Gasteiger partial charge in [-0.15, -0.1) is 0 Å². The van der Waals surface area contributed by atoms with E-state index in [0.29, 0.717) is 12.1 Å². The van der Waals surface area contributed by atoms with Gasteiger partial charge in [0.2, 0.25) is 5.91 Å². The molecule has 0 saturated carbocycles. The summed E-state index contributed by atoms with van der Waals surface area (Å²) in [6.07, 6.45) is 1.59. The van der Waals surface area contributed by atoms with E-state index in [2.05, 4.69) is 22.6 Å². The van der Waals surface area contributed by atoms with Gasteiger partial charge in [0, 0.05) is 18.5 Å². The molecule has 2 aromatic rings. The van der Waals surface area contributed by atoms with Crippen molar-refractivity contribution in [2.45, 2.75) is 31.7 Å². The molecule has 1 atom stereocenters. The van der Waals surface area contributed by atoms with Gasteiger partial charge in [-0.25, -0.2) is 13.4 Å². The van der Waals surface area contributed by atoms with E-state index < -0.39 is 15.9 Å². The van der Waals surface area contributed by atoms with Gasteiger partial charge in [-0.05, 0) is 47.2 Å². The summed E-state index contributed by atoms with van der Waals surface area (Å²) in [6, 6.07) is 13.6. The number of fused-ring (bicyclic) bond motifs is 3. The summed E-state index contributed by atoms with van der Waals surface area (Å²) in [5.41, 5.74) is 5.77. The standard InChI is InChI=1S/C22H21N3O4S/c26-21-8-7-20(24-25(21)17-9-10-30(28,29)13-17)22(27)23-16-5-6-19-15(12-16)11-14-3-1-2-4-18(14)19/h1-6,12,17H,7-11,13H2,(H,23,27)/t17-/m0/s1. The van der Waals surface area contributed by atoms with Gasteiger partial charge in [0.25, 0.3) is 5.91 Å². The fourth-order valence-electron chi connectivity index (χ4n) is 4.41. The number of hydrogen-bond donors (Lipinski definition) is 1. The van der Waals surface area contributed by atoms with Gasteiger partial charge in [0.15, 0.2) is 9.84 Å². The Morgan fingerprint density at radius 1 is 1.07 bits per heavy atom. The Kier molecular flexibility index (Phi) is 4.47. The average Bonchev–Trinajstić information content (AvgIpc) is 3.27. The van der Waals surface area contributed by atoms with Crippen LogP contribution in [0.25, 0.3) is 11.1 Å². The van der Waals surface area contributed by atoms with E-state index in [1.165, 1.54) is 21.7 Å². The quantitative estimate of drug-likeness (QED) is 0.700. The number of benzene rings is 2. The average molecular weight is 423 g/mol. The Balaban J connectivity index is 1.34. The van der Waals surface area contributed by atoms with E-state index in [0.717, 1.165) is 12.0 Å². The summed E-state index contributed by atoms with van der Waals surface area (Å²) in [5.74, 6) is -0.633. The van der Waals surface area contributed by atoms with Gasteiger partial charge < -0.3 is 5.32 Å². The number of nitrogens with zero attached hydrogens (tertiary/aromatic N) is 2. The highest BCUT2D eigenvalue weighted by atomic mass is 32.2. The molecule has 0 bridgehead atoms. The van der Waals surface area contributed by atoms with Gasteiger partial charge in [0.05, 0.1) is 17.5 Å². The molecule has 2 heterocycles. The minimum absolute atomic E-state index is 0.0516. The van der Waals surface area contributed by atoms with Crippen molar-refractivity contribution in [2.24, 2.45) is 5.10 Å². The molecule has 8 heteroatoms. The molecule has 1 saturated heterocycles. The minimum Gasteiger partial charge on any atom is -0.321 e. The Morgan fingerprint density at radius 3 is 2.67 bits per heavy atom. The zero-order chi connectivity index (χ0) is 20.9. The molecule has 3 aliphatic rings. The van der Waals surface area contributed by atoms with Crippen molar-refractivity contribution in [3.8, 4) is 11.1 Å². The Morgan fingerprint density at radius 2 is 1.87 bits per heavy atom. The highest BCUT2D eigenvalue weighted by Crippen LogP contribution is 2.37. The van der Waals surface area contributed by atoms with Crippen LogP contribution in [0.5, 0.6) is 0 Å². The zero-order valence-corrected chi connectivity index (χ0v) is 17.1. The van der Waals surface area contributed by atoms with Crippen molar-refractivity contribution in [3.05, 3.63) is 53.6 Å². The first-order chi connectivity index (χ1) is 14.4. The number of hydrogen-bond acceptors (Lipinski definition) is 5. The van der Waals surface area contributed by atoms with Crippen LogP contribution in [0.4, 0.5) is 5.69 Å². The third-order valence-electron chi connectivity index (χ3n) is 5.93. The lowest BCUT2D eigenvalue weighted by Crippen LogP contribution is -2.42. The summed E-state index contributed by atoms with van der Waals surface area (Å²) >= 11 is 0. The molecule has 2 aromatic carbocycles. The van der Waals surface area contributed by atoms with Crippen LogP contribution in [-0.4, -0.2) is 48.5 Å². The second-order valence-corrected chi connectivity index (χ2v) is 10.2. The maximum atomic E-state index is 12.8. The van der Waals surface area contributed by atoms with Crippen molar-refractivity contribution in [1.29, 1.82) is 0 Å². The van der Waals surface area contributed by atoms with Gasteiger partial charge in [0.1, 0.15) is 5.71 Å². The third kappa shape index (κ3) is 3.41. The summed E-state index contributed by atoms with van der Waals surface area (Å²) < 4.78 is 23.5. The number of nitrogens with one attached hydrogen (secondary N) is 1. The fourth-order valence-corrected chi connectivity index (χ4v) is 6.11. The highest BCUT2D eigenvalue weighted by molar-refractivity contribution is 7.91. The smallest absolute Gasteiger partial charge is 0.271 e. The number of carbonyl (C=O) groups excluding carboxylic acids is 2. The van der Waals surface area contributed by atoms with Crippen molar-refractivity contribution in [3.63, 3.8) is 0 Å². The van der Waals surface area contributed by atoms with Crippen LogP contribution >= 0.6 is 0 Å². The number of amides is 2. The molecule has 154 valence electrons. The lowest BCUT2D eigenvalue weighted by Gasteiger charge is -2.27. The molecule has 2 amide bonds. The monoisotopic (exact) mass is 423 g/mol. The Labute approximate surface area is 174 Å². The predicted octanol–water partition coefficient (Wildman–Crippen LogP) is 2.36. The molecule has 30 heavy (non-hydrogen) atoms. The molecular formula is C22H21N3O4S. The lowest BCUT2D eigenvalue weighted by atomic mass is 10.1. The van der Waals surface area contributed by atoms with Crippen LogP contribution in [-0.2, 0) is 25.8 Å². The first-order valence-electron chi connectivity index (χ1n) is 10.0. The van der Waals surface area contributed by atoms with E-state index in [-0.39, 0.29) is 41.9 Å². The van der Waals surface area contributed by atoms with Crippen molar-refractivity contribution < 1.29 is 18.0 Å². The number of carbonyl (C=O) groups is 2. The van der Waals surface area contributed by atoms with Crippen LogP contribution in [0.15, 0.2) is 47.6 Å². The largest absolute Gasteiger partial charge is 0.321 e. The number of rotatable bonds is 3. The molecule has 2 aliphatic heterocycles. The number of sulfone groups is 1.